The van der Waals surface area contributed by atoms with Gasteiger partial charge in [-0.05, 0) is 42.3 Å². The zero-order chi connectivity index (χ0) is 13.0. The molecule has 0 fully saturated rings. The molecule has 2 nitrogen and oxygen atoms in total. The second kappa shape index (κ2) is 6.34. The first-order valence-electron chi connectivity index (χ1n) is 5.96. The minimum Gasteiger partial charge on any atom is -0.271 e. The van der Waals surface area contributed by atoms with Crippen molar-refractivity contribution >= 4 is 22.9 Å². The van der Waals surface area contributed by atoms with Gasteiger partial charge >= 0.3 is 0 Å². The summed E-state index contributed by atoms with van der Waals surface area (Å²) in [6, 6.07) is 10.5. The minimum atomic E-state index is 0.122. The molecule has 1 atom stereocenters. The number of hydrogen-bond donors (Lipinski definition) is 2. The van der Waals surface area contributed by atoms with Gasteiger partial charge in [-0.1, -0.05) is 35.9 Å². The van der Waals surface area contributed by atoms with E-state index < -0.39 is 0 Å². The Balaban J connectivity index is 2.05. The Morgan fingerprint density at radius 3 is 2.72 bits per heavy atom. The lowest BCUT2D eigenvalue weighted by atomic mass is 10.0. The Morgan fingerprint density at radius 1 is 1.33 bits per heavy atom. The maximum Gasteiger partial charge on any atom is 0.0571 e. The molecule has 18 heavy (non-hydrogen) atoms. The lowest BCUT2D eigenvalue weighted by Crippen LogP contribution is -2.28. The van der Waals surface area contributed by atoms with E-state index in [-0.39, 0.29) is 6.04 Å². The van der Waals surface area contributed by atoms with Crippen molar-refractivity contribution in [3.63, 3.8) is 0 Å². The second-order valence-electron chi connectivity index (χ2n) is 4.32. The van der Waals surface area contributed by atoms with Crippen molar-refractivity contribution in [2.45, 2.75) is 25.8 Å². The number of thiophene rings is 1. The van der Waals surface area contributed by atoms with E-state index >= 15 is 0 Å². The summed E-state index contributed by atoms with van der Waals surface area (Å²) >= 11 is 7.79. The molecule has 0 aliphatic carbocycles. The number of benzene rings is 1. The topological polar surface area (TPSA) is 38.0 Å². The van der Waals surface area contributed by atoms with Crippen molar-refractivity contribution in [3.05, 3.63) is 56.7 Å². The summed E-state index contributed by atoms with van der Waals surface area (Å²) in [4.78, 5) is 1.12. The average Bonchev–Trinajstić information content (AvgIpc) is 2.79. The highest BCUT2D eigenvalue weighted by Crippen LogP contribution is 2.31. The number of nitrogens with one attached hydrogen (secondary N) is 1. The molecular formula is C14H17ClN2S. The molecular weight excluding hydrogens is 264 g/mol. The van der Waals surface area contributed by atoms with Crippen LogP contribution < -0.4 is 11.3 Å². The molecule has 3 N–H and O–H groups in total. The maximum atomic E-state index is 6.14. The van der Waals surface area contributed by atoms with Gasteiger partial charge in [0.15, 0.2) is 0 Å². The van der Waals surface area contributed by atoms with Crippen LogP contribution in [-0.2, 0) is 6.42 Å². The van der Waals surface area contributed by atoms with Crippen molar-refractivity contribution in [1.82, 2.24) is 5.43 Å². The number of rotatable bonds is 5. The third-order valence-electron chi connectivity index (χ3n) is 3.13. The van der Waals surface area contributed by atoms with E-state index in [2.05, 4.69) is 36.6 Å². The fourth-order valence-electron chi connectivity index (χ4n) is 2.03. The SMILES string of the molecule is Cc1ccccc1CCC(NN)c1sccc1Cl. The highest BCUT2D eigenvalue weighted by Gasteiger charge is 2.14. The van der Waals surface area contributed by atoms with Gasteiger partial charge in [0.05, 0.1) is 11.1 Å². The lowest BCUT2D eigenvalue weighted by Gasteiger charge is -2.15. The predicted molar refractivity (Wildman–Crippen MR) is 78.9 cm³/mol. The first kappa shape index (κ1) is 13.6. The summed E-state index contributed by atoms with van der Waals surface area (Å²) in [7, 11) is 0. The molecule has 1 aromatic carbocycles. The van der Waals surface area contributed by atoms with Gasteiger partial charge in [0, 0.05) is 4.88 Å². The van der Waals surface area contributed by atoms with Crippen LogP contribution in [-0.4, -0.2) is 0 Å². The summed E-state index contributed by atoms with van der Waals surface area (Å²) in [6.45, 7) is 2.14. The zero-order valence-corrected chi connectivity index (χ0v) is 11.9. The number of aryl methyl sites for hydroxylation is 2. The molecule has 4 heteroatoms. The van der Waals surface area contributed by atoms with Crippen LogP contribution in [0.1, 0.15) is 28.5 Å². The number of nitrogens with two attached hydrogens (primary N) is 1. The first-order valence-corrected chi connectivity index (χ1v) is 7.21. The van der Waals surface area contributed by atoms with Crippen LogP contribution in [0.5, 0.6) is 0 Å². The smallest absolute Gasteiger partial charge is 0.0571 e. The van der Waals surface area contributed by atoms with Crippen LogP contribution >= 0.6 is 22.9 Å². The van der Waals surface area contributed by atoms with E-state index in [0.717, 1.165) is 22.7 Å². The van der Waals surface area contributed by atoms with Gasteiger partial charge in [0.1, 0.15) is 0 Å². The normalized spacial score (nSPS) is 12.6. The summed E-state index contributed by atoms with van der Waals surface area (Å²) in [5.74, 6) is 5.63. The minimum absolute atomic E-state index is 0.122. The molecule has 0 saturated heterocycles. The Morgan fingerprint density at radius 2 is 2.11 bits per heavy atom. The van der Waals surface area contributed by atoms with Gasteiger partial charge in [-0.15, -0.1) is 11.3 Å². The van der Waals surface area contributed by atoms with Crippen molar-refractivity contribution in [3.8, 4) is 0 Å². The molecule has 1 heterocycles. The van der Waals surface area contributed by atoms with E-state index in [1.807, 2.05) is 11.4 Å². The van der Waals surface area contributed by atoms with Gasteiger partial charge in [0.25, 0.3) is 0 Å². The summed E-state index contributed by atoms with van der Waals surface area (Å²) < 4.78 is 0. The van der Waals surface area contributed by atoms with E-state index in [4.69, 9.17) is 17.4 Å². The Bertz CT molecular complexity index is 510. The van der Waals surface area contributed by atoms with Gasteiger partial charge in [0.2, 0.25) is 0 Å². The molecule has 0 aliphatic heterocycles. The van der Waals surface area contributed by atoms with Gasteiger partial charge < -0.3 is 0 Å². The lowest BCUT2D eigenvalue weighted by molar-refractivity contribution is 0.524. The molecule has 0 saturated carbocycles. The monoisotopic (exact) mass is 280 g/mol. The molecule has 2 rings (SSSR count). The number of hydrogen-bond acceptors (Lipinski definition) is 3. The summed E-state index contributed by atoms with van der Waals surface area (Å²) in [5, 5.41) is 2.79. The fraction of sp³-hybridized carbons (Fsp3) is 0.286. The van der Waals surface area contributed by atoms with Crippen LogP contribution in [0.25, 0.3) is 0 Å². The van der Waals surface area contributed by atoms with Crippen LogP contribution in [0, 0.1) is 6.92 Å². The van der Waals surface area contributed by atoms with Gasteiger partial charge in [-0.2, -0.15) is 0 Å². The zero-order valence-electron chi connectivity index (χ0n) is 10.3. The van der Waals surface area contributed by atoms with E-state index in [1.165, 1.54) is 11.1 Å². The molecule has 0 aliphatic rings. The Kier molecular flexibility index (Phi) is 4.78. The van der Waals surface area contributed by atoms with Gasteiger partial charge in [-0.25, -0.2) is 0 Å². The quantitative estimate of drug-likeness (QED) is 0.645. The molecule has 0 radical (unpaired) electrons. The molecule has 0 bridgehead atoms. The predicted octanol–water partition coefficient (Wildman–Crippen LogP) is 3.85. The van der Waals surface area contributed by atoms with Crippen LogP contribution in [0.4, 0.5) is 0 Å². The van der Waals surface area contributed by atoms with Crippen LogP contribution in [0.2, 0.25) is 5.02 Å². The van der Waals surface area contributed by atoms with Crippen molar-refractivity contribution in [1.29, 1.82) is 0 Å². The first-order chi connectivity index (χ1) is 8.72. The van der Waals surface area contributed by atoms with E-state index in [9.17, 15) is 0 Å². The third-order valence-corrected chi connectivity index (χ3v) is 4.60. The Hall–Kier alpha value is -0.870. The standard InChI is InChI=1S/C14H17ClN2S/c1-10-4-2-3-5-11(10)6-7-13(17-16)14-12(15)8-9-18-14/h2-5,8-9,13,17H,6-7,16H2,1H3. The molecule has 1 unspecified atom stereocenters. The molecule has 0 spiro atoms. The molecule has 96 valence electrons. The molecule has 0 amide bonds. The van der Waals surface area contributed by atoms with Crippen molar-refractivity contribution in [2.24, 2.45) is 5.84 Å². The Labute approximate surface area is 117 Å². The third kappa shape index (κ3) is 3.12. The summed E-state index contributed by atoms with van der Waals surface area (Å²) in [6.07, 6.45) is 1.94. The largest absolute Gasteiger partial charge is 0.271 e. The molecule has 2 aromatic rings. The van der Waals surface area contributed by atoms with Crippen LogP contribution in [0.15, 0.2) is 35.7 Å². The number of halogens is 1. The maximum absolute atomic E-state index is 6.14. The average molecular weight is 281 g/mol. The van der Waals surface area contributed by atoms with Crippen molar-refractivity contribution < 1.29 is 0 Å². The number of hydrazine groups is 1. The van der Waals surface area contributed by atoms with E-state index in [1.54, 1.807) is 11.3 Å². The van der Waals surface area contributed by atoms with Crippen LogP contribution in [0.3, 0.4) is 0 Å². The second-order valence-corrected chi connectivity index (χ2v) is 5.67. The van der Waals surface area contributed by atoms with Crippen molar-refractivity contribution in [2.75, 3.05) is 0 Å². The fourth-order valence-corrected chi connectivity index (χ4v) is 3.32. The highest BCUT2D eigenvalue weighted by molar-refractivity contribution is 7.10. The summed E-state index contributed by atoms with van der Waals surface area (Å²) in [5.41, 5.74) is 5.55. The highest BCUT2D eigenvalue weighted by atomic mass is 35.5. The molecule has 1 aromatic heterocycles. The van der Waals surface area contributed by atoms with Gasteiger partial charge in [-0.3, -0.25) is 11.3 Å². The van der Waals surface area contributed by atoms with E-state index in [0.29, 0.717) is 0 Å².